The fourth-order valence-electron chi connectivity index (χ4n) is 2.26. The molecule has 2 unspecified atom stereocenters. The first kappa shape index (κ1) is 18.1. The third kappa shape index (κ3) is 5.09. The quantitative estimate of drug-likeness (QED) is 0.802. The minimum Gasteiger partial charge on any atom is -0.308 e. The molecule has 1 aromatic rings. The molecule has 2 atom stereocenters. The Kier molecular flexibility index (Phi) is 6.84. The Hall–Kier alpha value is -0.910. The lowest BCUT2D eigenvalue weighted by atomic mass is 10.1. The van der Waals surface area contributed by atoms with E-state index in [0.717, 1.165) is 12.0 Å². The van der Waals surface area contributed by atoms with Crippen LogP contribution in [-0.2, 0) is 10.0 Å². The lowest BCUT2D eigenvalue weighted by Gasteiger charge is -2.20. The summed E-state index contributed by atoms with van der Waals surface area (Å²) in [5.74, 6) is 0. The highest BCUT2D eigenvalue weighted by molar-refractivity contribution is 7.89. The topological polar surface area (TPSA) is 49.4 Å². The molecule has 4 nitrogen and oxygen atoms in total. The van der Waals surface area contributed by atoms with Crippen molar-refractivity contribution in [2.75, 3.05) is 14.1 Å². The molecule has 0 aliphatic carbocycles. The second kappa shape index (κ2) is 7.92. The zero-order valence-electron chi connectivity index (χ0n) is 13.8. The SMILES string of the molecule is CCCCC(C)NC(C)c1ccc(S(=O)(=O)N(C)C)cc1. The molecule has 0 fully saturated rings. The first-order valence-corrected chi connectivity index (χ1v) is 9.01. The van der Waals surface area contributed by atoms with E-state index in [1.54, 1.807) is 26.2 Å². The number of rotatable bonds is 8. The van der Waals surface area contributed by atoms with E-state index in [1.165, 1.54) is 17.1 Å². The van der Waals surface area contributed by atoms with Crippen LogP contribution in [0.2, 0.25) is 0 Å². The first-order valence-electron chi connectivity index (χ1n) is 7.57. The van der Waals surface area contributed by atoms with Crippen LogP contribution in [0.1, 0.15) is 51.6 Å². The third-order valence-corrected chi connectivity index (χ3v) is 5.51. The Morgan fingerprint density at radius 1 is 1.14 bits per heavy atom. The van der Waals surface area contributed by atoms with Crippen LogP contribution in [0.5, 0.6) is 0 Å². The number of nitrogens with one attached hydrogen (secondary N) is 1. The van der Waals surface area contributed by atoms with E-state index >= 15 is 0 Å². The van der Waals surface area contributed by atoms with Crippen molar-refractivity contribution >= 4 is 10.0 Å². The predicted molar refractivity (Wildman–Crippen MR) is 87.9 cm³/mol. The van der Waals surface area contributed by atoms with Crippen LogP contribution in [-0.4, -0.2) is 32.9 Å². The van der Waals surface area contributed by atoms with Crippen molar-refractivity contribution in [3.63, 3.8) is 0 Å². The van der Waals surface area contributed by atoms with Crippen LogP contribution in [0, 0.1) is 0 Å². The van der Waals surface area contributed by atoms with Gasteiger partial charge < -0.3 is 5.32 Å². The van der Waals surface area contributed by atoms with Gasteiger partial charge in [0.2, 0.25) is 10.0 Å². The molecule has 0 bridgehead atoms. The number of hydrogen-bond acceptors (Lipinski definition) is 3. The van der Waals surface area contributed by atoms with Gasteiger partial charge in [-0.15, -0.1) is 0 Å². The van der Waals surface area contributed by atoms with Gasteiger partial charge in [-0.25, -0.2) is 12.7 Å². The molecule has 0 aliphatic heterocycles. The summed E-state index contributed by atoms with van der Waals surface area (Å²) in [6.07, 6.45) is 3.59. The summed E-state index contributed by atoms with van der Waals surface area (Å²) in [4.78, 5) is 0.336. The van der Waals surface area contributed by atoms with Crippen molar-refractivity contribution in [1.29, 1.82) is 0 Å². The van der Waals surface area contributed by atoms with Crippen LogP contribution < -0.4 is 5.32 Å². The van der Waals surface area contributed by atoms with Gasteiger partial charge in [-0.05, 0) is 38.0 Å². The Labute approximate surface area is 129 Å². The summed E-state index contributed by atoms with van der Waals surface area (Å²) in [5, 5.41) is 3.55. The molecule has 0 amide bonds. The fourth-order valence-corrected chi connectivity index (χ4v) is 3.16. The van der Waals surface area contributed by atoms with Crippen LogP contribution in [0.4, 0.5) is 0 Å². The molecule has 1 aromatic carbocycles. The summed E-state index contributed by atoms with van der Waals surface area (Å²) in [6, 6.07) is 7.82. The standard InChI is InChI=1S/C16H28N2O2S/c1-6-7-8-13(2)17-14(3)15-9-11-16(12-10-15)21(19,20)18(4)5/h9-14,17H,6-8H2,1-5H3. The zero-order chi connectivity index (χ0) is 16.0. The van der Waals surface area contributed by atoms with Gasteiger partial charge in [-0.3, -0.25) is 0 Å². The van der Waals surface area contributed by atoms with Gasteiger partial charge in [0, 0.05) is 26.2 Å². The molecular formula is C16H28N2O2S. The van der Waals surface area contributed by atoms with Gasteiger partial charge in [-0.1, -0.05) is 31.9 Å². The van der Waals surface area contributed by atoms with E-state index in [2.05, 4.69) is 26.1 Å². The van der Waals surface area contributed by atoms with Crippen molar-refractivity contribution in [3.05, 3.63) is 29.8 Å². The normalized spacial score (nSPS) is 15.1. The minimum atomic E-state index is -3.34. The molecule has 120 valence electrons. The number of nitrogens with zero attached hydrogens (tertiary/aromatic N) is 1. The smallest absolute Gasteiger partial charge is 0.242 e. The molecule has 0 saturated carbocycles. The summed E-state index contributed by atoms with van der Waals surface area (Å²) >= 11 is 0. The predicted octanol–water partition coefficient (Wildman–Crippen LogP) is 3.17. The van der Waals surface area contributed by atoms with Gasteiger partial charge in [0.05, 0.1) is 4.90 Å². The van der Waals surface area contributed by atoms with Crippen molar-refractivity contribution in [2.45, 2.75) is 57.0 Å². The Balaban J connectivity index is 2.74. The van der Waals surface area contributed by atoms with Crippen molar-refractivity contribution in [2.24, 2.45) is 0 Å². The van der Waals surface area contributed by atoms with E-state index in [-0.39, 0.29) is 6.04 Å². The van der Waals surface area contributed by atoms with Crippen molar-refractivity contribution < 1.29 is 8.42 Å². The summed E-state index contributed by atoms with van der Waals surface area (Å²) in [6.45, 7) is 6.50. The molecule has 0 spiro atoms. The molecule has 21 heavy (non-hydrogen) atoms. The number of benzene rings is 1. The van der Waals surface area contributed by atoms with Gasteiger partial charge in [0.25, 0.3) is 0 Å². The monoisotopic (exact) mass is 312 g/mol. The van der Waals surface area contributed by atoms with E-state index in [4.69, 9.17) is 0 Å². The average molecular weight is 312 g/mol. The van der Waals surface area contributed by atoms with E-state index in [9.17, 15) is 8.42 Å². The maximum absolute atomic E-state index is 12.0. The Morgan fingerprint density at radius 2 is 1.71 bits per heavy atom. The maximum Gasteiger partial charge on any atom is 0.242 e. The van der Waals surface area contributed by atoms with Crippen LogP contribution in [0.25, 0.3) is 0 Å². The van der Waals surface area contributed by atoms with Crippen molar-refractivity contribution in [3.8, 4) is 0 Å². The Morgan fingerprint density at radius 3 is 2.19 bits per heavy atom. The lowest BCUT2D eigenvalue weighted by Crippen LogP contribution is -2.29. The van der Waals surface area contributed by atoms with Gasteiger partial charge in [0.15, 0.2) is 0 Å². The van der Waals surface area contributed by atoms with Crippen molar-refractivity contribution in [1.82, 2.24) is 9.62 Å². The summed E-state index contributed by atoms with van der Waals surface area (Å²) < 4.78 is 25.3. The molecule has 0 aliphatic rings. The second-order valence-electron chi connectivity index (χ2n) is 5.79. The number of sulfonamides is 1. The van der Waals surface area contributed by atoms with Gasteiger partial charge in [-0.2, -0.15) is 0 Å². The number of unbranched alkanes of at least 4 members (excludes halogenated alkanes) is 1. The van der Waals surface area contributed by atoms with E-state index < -0.39 is 10.0 Å². The third-order valence-electron chi connectivity index (χ3n) is 3.68. The van der Waals surface area contributed by atoms with Crippen LogP contribution in [0.3, 0.4) is 0 Å². The maximum atomic E-state index is 12.0. The molecule has 0 heterocycles. The molecule has 0 aromatic heterocycles. The molecule has 0 radical (unpaired) electrons. The van der Waals surface area contributed by atoms with Gasteiger partial charge in [0.1, 0.15) is 0 Å². The molecule has 5 heteroatoms. The highest BCUT2D eigenvalue weighted by Crippen LogP contribution is 2.19. The van der Waals surface area contributed by atoms with Crippen LogP contribution in [0.15, 0.2) is 29.2 Å². The largest absolute Gasteiger partial charge is 0.308 e. The van der Waals surface area contributed by atoms with Crippen LogP contribution >= 0.6 is 0 Å². The van der Waals surface area contributed by atoms with E-state index in [1.807, 2.05) is 12.1 Å². The highest BCUT2D eigenvalue weighted by Gasteiger charge is 2.17. The highest BCUT2D eigenvalue weighted by atomic mass is 32.2. The second-order valence-corrected chi connectivity index (χ2v) is 7.94. The minimum absolute atomic E-state index is 0.216. The fraction of sp³-hybridized carbons (Fsp3) is 0.625. The van der Waals surface area contributed by atoms with Gasteiger partial charge >= 0.3 is 0 Å². The van der Waals surface area contributed by atoms with E-state index in [0.29, 0.717) is 10.9 Å². The zero-order valence-corrected chi connectivity index (χ0v) is 14.6. The summed E-state index contributed by atoms with van der Waals surface area (Å²) in [5.41, 5.74) is 1.11. The Bertz CT molecular complexity index is 524. The lowest BCUT2D eigenvalue weighted by molar-refractivity contribution is 0.444. The number of hydrogen-bond donors (Lipinski definition) is 1. The first-order chi connectivity index (χ1) is 9.78. The summed E-state index contributed by atoms with van der Waals surface area (Å²) in [7, 11) is -0.253. The molecular weight excluding hydrogens is 284 g/mol. The molecule has 0 saturated heterocycles. The molecule has 1 rings (SSSR count). The molecule has 1 N–H and O–H groups in total. The average Bonchev–Trinajstić information content (AvgIpc) is 2.45.